The fourth-order valence-corrected chi connectivity index (χ4v) is 1.54. The number of alkyl halides is 3. The summed E-state index contributed by atoms with van der Waals surface area (Å²) in [4.78, 5) is 14.7. The first-order valence-corrected chi connectivity index (χ1v) is 5.18. The molecule has 0 saturated heterocycles. The summed E-state index contributed by atoms with van der Waals surface area (Å²) in [7, 11) is 0. The molecule has 15 heavy (non-hydrogen) atoms. The average molecular weight is 259 g/mol. The maximum atomic E-state index is 11.8. The normalized spacial score (nSPS) is 11.7. The van der Waals surface area contributed by atoms with E-state index in [4.69, 9.17) is 11.6 Å². The van der Waals surface area contributed by atoms with Crippen LogP contribution in [0.4, 0.5) is 13.2 Å². The second-order valence-electron chi connectivity index (χ2n) is 2.51. The summed E-state index contributed by atoms with van der Waals surface area (Å²) >= 11 is 5.23. The van der Waals surface area contributed by atoms with Gasteiger partial charge in [-0.05, 0) is 11.8 Å². The molecule has 0 aliphatic heterocycles. The molecule has 0 unspecified atom stereocenters. The molecule has 0 aromatic carbocycles. The van der Waals surface area contributed by atoms with Crippen LogP contribution in [0, 0.1) is 0 Å². The van der Waals surface area contributed by atoms with E-state index >= 15 is 0 Å². The fraction of sp³-hybridized carbons (Fsp3) is 0.429. The van der Waals surface area contributed by atoms with Crippen LogP contribution in [0.15, 0.2) is 17.2 Å². The molecule has 0 spiro atoms. The van der Waals surface area contributed by atoms with Gasteiger partial charge in [0.1, 0.15) is 0 Å². The molecule has 0 N–H and O–H groups in total. The average Bonchev–Trinajstić information content (AvgIpc) is 2.10. The Morgan fingerprint density at radius 2 is 2.20 bits per heavy atom. The molecule has 0 atom stereocenters. The molecule has 1 aromatic rings. The SMILES string of the molecule is O=c1c(Cl)nccn1CCSC(F)(F)F. The van der Waals surface area contributed by atoms with E-state index in [2.05, 4.69) is 4.98 Å². The minimum Gasteiger partial charge on any atom is -0.311 e. The lowest BCUT2D eigenvalue weighted by atomic mass is 10.6. The van der Waals surface area contributed by atoms with Crippen molar-refractivity contribution in [2.24, 2.45) is 0 Å². The highest BCUT2D eigenvalue weighted by Crippen LogP contribution is 2.29. The lowest BCUT2D eigenvalue weighted by Crippen LogP contribution is -2.22. The number of hydrogen-bond donors (Lipinski definition) is 0. The van der Waals surface area contributed by atoms with Crippen molar-refractivity contribution < 1.29 is 13.2 Å². The Balaban J connectivity index is 2.59. The first kappa shape index (κ1) is 12.4. The smallest absolute Gasteiger partial charge is 0.311 e. The summed E-state index contributed by atoms with van der Waals surface area (Å²) in [5.74, 6) is -0.232. The van der Waals surface area contributed by atoms with Crippen LogP contribution in [0.25, 0.3) is 0 Å². The van der Waals surface area contributed by atoms with Crippen molar-refractivity contribution in [2.75, 3.05) is 5.75 Å². The van der Waals surface area contributed by atoms with Gasteiger partial charge in [-0.15, -0.1) is 0 Å². The standard InChI is InChI=1S/C7H6ClF3N2OS/c8-5-6(14)13(2-1-12-5)3-4-15-7(9,10)11/h1-2H,3-4H2. The van der Waals surface area contributed by atoms with Crippen LogP contribution >= 0.6 is 23.4 Å². The molecule has 3 nitrogen and oxygen atoms in total. The number of aryl methyl sites for hydroxylation is 1. The van der Waals surface area contributed by atoms with Gasteiger partial charge < -0.3 is 4.57 Å². The molecule has 0 aliphatic carbocycles. The Morgan fingerprint density at radius 3 is 2.80 bits per heavy atom. The third-order valence-electron chi connectivity index (χ3n) is 1.47. The number of halogens is 4. The van der Waals surface area contributed by atoms with Gasteiger partial charge in [0.05, 0.1) is 0 Å². The Kier molecular flexibility index (Phi) is 4.04. The van der Waals surface area contributed by atoms with Crippen LogP contribution in [0.1, 0.15) is 0 Å². The molecule has 1 rings (SSSR count). The molecule has 0 radical (unpaired) electrons. The predicted molar refractivity (Wildman–Crippen MR) is 52.0 cm³/mol. The predicted octanol–water partition coefficient (Wildman–Crippen LogP) is 2.15. The van der Waals surface area contributed by atoms with E-state index < -0.39 is 11.1 Å². The van der Waals surface area contributed by atoms with Crippen LogP contribution in [-0.2, 0) is 6.54 Å². The van der Waals surface area contributed by atoms with E-state index in [1.807, 2.05) is 0 Å². The van der Waals surface area contributed by atoms with E-state index in [0.29, 0.717) is 0 Å². The van der Waals surface area contributed by atoms with Crippen molar-refractivity contribution >= 4 is 23.4 Å². The Bertz CT molecular complexity index is 393. The first-order valence-electron chi connectivity index (χ1n) is 3.82. The zero-order valence-corrected chi connectivity index (χ0v) is 8.86. The van der Waals surface area contributed by atoms with Crippen molar-refractivity contribution in [1.82, 2.24) is 9.55 Å². The van der Waals surface area contributed by atoms with Crippen LogP contribution in [0.2, 0.25) is 5.15 Å². The minimum atomic E-state index is -4.28. The van der Waals surface area contributed by atoms with Crippen molar-refractivity contribution in [3.63, 3.8) is 0 Å². The molecule has 8 heteroatoms. The largest absolute Gasteiger partial charge is 0.441 e. The molecule has 1 aromatic heterocycles. The molecule has 1 heterocycles. The number of aromatic nitrogens is 2. The molecule has 0 saturated carbocycles. The van der Waals surface area contributed by atoms with Crippen LogP contribution < -0.4 is 5.56 Å². The third kappa shape index (κ3) is 4.13. The second kappa shape index (κ2) is 4.89. The van der Waals surface area contributed by atoms with Gasteiger partial charge in [0.15, 0.2) is 5.15 Å². The molecule has 0 amide bonds. The van der Waals surface area contributed by atoms with Crippen LogP contribution in [0.3, 0.4) is 0 Å². The lowest BCUT2D eigenvalue weighted by Gasteiger charge is -2.07. The van der Waals surface area contributed by atoms with Crippen LogP contribution in [0.5, 0.6) is 0 Å². The van der Waals surface area contributed by atoms with E-state index in [9.17, 15) is 18.0 Å². The lowest BCUT2D eigenvalue weighted by molar-refractivity contribution is -0.0328. The summed E-state index contributed by atoms with van der Waals surface area (Å²) in [6, 6.07) is 0. The topological polar surface area (TPSA) is 34.9 Å². The van der Waals surface area contributed by atoms with Gasteiger partial charge in [-0.25, -0.2) is 4.98 Å². The van der Waals surface area contributed by atoms with Crippen molar-refractivity contribution in [1.29, 1.82) is 0 Å². The van der Waals surface area contributed by atoms with Gasteiger partial charge in [-0.2, -0.15) is 13.2 Å². The van der Waals surface area contributed by atoms with Gasteiger partial charge in [0.25, 0.3) is 5.56 Å². The summed E-state index contributed by atoms with van der Waals surface area (Å²) in [5, 5.41) is -0.241. The fourth-order valence-electron chi connectivity index (χ4n) is 0.856. The summed E-state index contributed by atoms with van der Waals surface area (Å²) in [6.45, 7) is -0.0503. The maximum Gasteiger partial charge on any atom is 0.441 e. The zero-order valence-electron chi connectivity index (χ0n) is 7.29. The highest BCUT2D eigenvalue weighted by molar-refractivity contribution is 8.00. The van der Waals surface area contributed by atoms with E-state index in [1.165, 1.54) is 12.4 Å². The van der Waals surface area contributed by atoms with Crippen LogP contribution in [-0.4, -0.2) is 20.8 Å². The van der Waals surface area contributed by atoms with Crippen molar-refractivity contribution in [3.8, 4) is 0 Å². The van der Waals surface area contributed by atoms with E-state index in [0.717, 1.165) is 4.57 Å². The molecule has 0 bridgehead atoms. The molecule has 0 fully saturated rings. The monoisotopic (exact) mass is 258 g/mol. The highest BCUT2D eigenvalue weighted by Gasteiger charge is 2.27. The van der Waals surface area contributed by atoms with Crippen molar-refractivity contribution in [3.05, 3.63) is 27.9 Å². The van der Waals surface area contributed by atoms with Gasteiger partial charge in [0, 0.05) is 24.7 Å². The third-order valence-corrected chi connectivity index (χ3v) is 2.44. The summed E-state index contributed by atoms with van der Waals surface area (Å²) < 4.78 is 36.4. The Hall–Kier alpha value is -0.690. The number of thioether (sulfide) groups is 1. The first-order chi connectivity index (χ1) is 6.90. The van der Waals surface area contributed by atoms with Gasteiger partial charge in [0.2, 0.25) is 0 Å². The number of nitrogens with zero attached hydrogens (tertiary/aromatic N) is 2. The quantitative estimate of drug-likeness (QED) is 0.833. The van der Waals surface area contributed by atoms with Gasteiger partial charge in [-0.3, -0.25) is 4.79 Å². The number of hydrogen-bond acceptors (Lipinski definition) is 3. The Morgan fingerprint density at radius 1 is 1.53 bits per heavy atom. The molecular formula is C7H6ClF3N2OS. The number of rotatable bonds is 3. The maximum absolute atomic E-state index is 11.8. The summed E-state index contributed by atoms with van der Waals surface area (Å²) in [5.41, 5.74) is -4.86. The summed E-state index contributed by atoms with van der Waals surface area (Å²) in [6.07, 6.45) is 2.56. The highest BCUT2D eigenvalue weighted by atomic mass is 35.5. The van der Waals surface area contributed by atoms with Gasteiger partial charge in [-0.1, -0.05) is 11.6 Å². The van der Waals surface area contributed by atoms with E-state index in [1.54, 1.807) is 0 Å². The van der Waals surface area contributed by atoms with Crippen molar-refractivity contribution in [2.45, 2.75) is 12.1 Å². The molecule has 84 valence electrons. The second-order valence-corrected chi connectivity index (χ2v) is 4.03. The minimum absolute atomic E-state index is 0.0503. The zero-order chi connectivity index (χ0) is 11.5. The molecular weight excluding hydrogens is 253 g/mol. The van der Waals surface area contributed by atoms with E-state index in [-0.39, 0.29) is 29.2 Å². The molecule has 0 aliphatic rings. The Labute approximate surface area is 92.3 Å². The van der Waals surface area contributed by atoms with Gasteiger partial charge >= 0.3 is 5.51 Å².